The lowest BCUT2D eigenvalue weighted by atomic mass is 10.2. The molecule has 0 aromatic heterocycles. The van der Waals surface area contributed by atoms with Crippen LogP contribution < -0.4 is 0 Å². The molecule has 0 aliphatic rings. The summed E-state index contributed by atoms with van der Waals surface area (Å²) in [5, 5.41) is 17.7. The summed E-state index contributed by atoms with van der Waals surface area (Å²) < 4.78 is 0. The highest BCUT2D eigenvalue weighted by molar-refractivity contribution is 5.73. The topological polar surface area (TPSA) is 60.8 Å². The molecule has 1 amide bonds. The Morgan fingerprint density at radius 3 is 2.54 bits per heavy atom. The minimum Gasteiger partial charge on any atom is -0.394 e. The molecule has 1 unspecified atom stereocenters. The number of aliphatic hydroxyl groups is 2. The maximum atomic E-state index is 11.0. The molecule has 4 heteroatoms. The molecular weight excluding hydrogens is 170 g/mol. The van der Waals surface area contributed by atoms with Gasteiger partial charge in [-0.05, 0) is 6.42 Å². The Kier molecular flexibility index (Phi) is 6.54. The van der Waals surface area contributed by atoms with Crippen LogP contribution in [0, 0.1) is 0 Å². The van der Waals surface area contributed by atoms with E-state index in [1.54, 1.807) is 4.90 Å². The van der Waals surface area contributed by atoms with Gasteiger partial charge in [-0.15, -0.1) is 0 Å². The minimum absolute atomic E-state index is 0.0547. The molecule has 0 saturated heterocycles. The number of hydrogen-bond acceptors (Lipinski definition) is 3. The highest BCUT2D eigenvalue weighted by atomic mass is 16.3. The van der Waals surface area contributed by atoms with Crippen molar-refractivity contribution >= 4 is 5.91 Å². The van der Waals surface area contributed by atoms with Gasteiger partial charge in [0.05, 0.1) is 12.7 Å². The number of aliphatic hydroxyl groups excluding tert-OH is 2. The largest absolute Gasteiger partial charge is 0.394 e. The van der Waals surface area contributed by atoms with Crippen LogP contribution in [0.25, 0.3) is 0 Å². The number of nitrogens with zero attached hydrogens (tertiary/aromatic N) is 1. The maximum Gasteiger partial charge on any atom is 0.219 e. The van der Waals surface area contributed by atoms with Gasteiger partial charge in [0.2, 0.25) is 5.91 Å². The van der Waals surface area contributed by atoms with Gasteiger partial charge in [-0.3, -0.25) is 4.79 Å². The Hall–Kier alpha value is -0.610. The van der Waals surface area contributed by atoms with Crippen LogP contribution in [0.15, 0.2) is 0 Å². The van der Waals surface area contributed by atoms with E-state index in [0.29, 0.717) is 6.54 Å². The van der Waals surface area contributed by atoms with Gasteiger partial charge in [0.1, 0.15) is 0 Å². The summed E-state index contributed by atoms with van der Waals surface area (Å²) in [7, 11) is 0. The summed E-state index contributed by atoms with van der Waals surface area (Å²) >= 11 is 0. The average Bonchev–Trinajstić information content (AvgIpc) is 2.11. The SMILES string of the molecule is CCCCN(CC(O)CO)C(C)=O. The molecule has 0 aliphatic carbocycles. The first kappa shape index (κ1) is 12.4. The standard InChI is InChI=1S/C9H19NO3/c1-3-4-5-10(8(2)12)6-9(13)7-11/h9,11,13H,3-7H2,1-2H3. The third-order valence-electron chi connectivity index (χ3n) is 1.87. The Labute approximate surface area is 79.2 Å². The molecule has 0 fully saturated rings. The first-order valence-corrected chi connectivity index (χ1v) is 4.66. The number of carbonyl (C=O) groups is 1. The van der Waals surface area contributed by atoms with Gasteiger partial charge in [-0.1, -0.05) is 13.3 Å². The van der Waals surface area contributed by atoms with Crippen LogP contribution in [0.3, 0.4) is 0 Å². The predicted molar refractivity (Wildman–Crippen MR) is 50.3 cm³/mol. The van der Waals surface area contributed by atoms with E-state index in [-0.39, 0.29) is 19.1 Å². The molecule has 0 bridgehead atoms. The molecule has 0 aromatic rings. The Morgan fingerprint density at radius 1 is 1.54 bits per heavy atom. The summed E-state index contributed by atoms with van der Waals surface area (Å²) in [5.41, 5.74) is 0. The Morgan fingerprint density at radius 2 is 2.15 bits per heavy atom. The summed E-state index contributed by atoms with van der Waals surface area (Å²) in [6, 6.07) is 0. The van der Waals surface area contributed by atoms with Crippen molar-refractivity contribution in [3.8, 4) is 0 Å². The second kappa shape index (κ2) is 6.86. The van der Waals surface area contributed by atoms with E-state index in [0.717, 1.165) is 12.8 Å². The van der Waals surface area contributed by atoms with Gasteiger partial charge in [-0.2, -0.15) is 0 Å². The van der Waals surface area contributed by atoms with E-state index in [9.17, 15) is 4.79 Å². The lowest BCUT2D eigenvalue weighted by molar-refractivity contribution is -0.130. The fraction of sp³-hybridized carbons (Fsp3) is 0.889. The quantitative estimate of drug-likeness (QED) is 0.617. The van der Waals surface area contributed by atoms with Crippen molar-refractivity contribution in [2.75, 3.05) is 19.7 Å². The van der Waals surface area contributed by atoms with E-state index in [1.807, 2.05) is 6.92 Å². The van der Waals surface area contributed by atoms with Crippen LogP contribution in [-0.2, 0) is 4.79 Å². The highest BCUT2D eigenvalue weighted by Gasteiger charge is 2.12. The van der Waals surface area contributed by atoms with Crippen LogP contribution in [-0.4, -0.2) is 46.8 Å². The highest BCUT2D eigenvalue weighted by Crippen LogP contribution is 1.97. The van der Waals surface area contributed by atoms with Gasteiger partial charge < -0.3 is 15.1 Å². The van der Waals surface area contributed by atoms with Gasteiger partial charge in [0, 0.05) is 20.0 Å². The van der Waals surface area contributed by atoms with Crippen molar-refractivity contribution in [1.29, 1.82) is 0 Å². The van der Waals surface area contributed by atoms with Crippen LogP contribution in [0.4, 0.5) is 0 Å². The summed E-state index contributed by atoms with van der Waals surface area (Å²) in [6.07, 6.45) is 1.12. The monoisotopic (exact) mass is 189 g/mol. The number of unbranched alkanes of at least 4 members (excludes halogenated alkanes) is 1. The third kappa shape index (κ3) is 5.60. The molecule has 0 spiro atoms. The van der Waals surface area contributed by atoms with Gasteiger partial charge >= 0.3 is 0 Å². The molecule has 0 saturated carbocycles. The van der Waals surface area contributed by atoms with E-state index >= 15 is 0 Å². The molecule has 0 heterocycles. The number of rotatable bonds is 6. The zero-order chi connectivity index (χ0) is 10.3. The van der Waals surface area contributed by atoms with Crippen molar-refractivity contribution in [2.45, 2.75) is 32.8 Å². The van der Waals surface area contributed by atoms with Gasteiger partial charge in [-0.25, -0.2) is 0 Å². The van der Waals surface area contributed by atoms with Crippen molar-refractivity contribution in [3.63, 3.8) is 0 Å². The zero-order valence-electron chi connectivity index (χ0n) is 8.36. The molecular formula is C9H19NO3. The summed E-state index contributed by atoms with van der Waals surface area (Å²) in [4.78, 5) is 12.6. The maximum absolute atomic E-state index is 11.0. The molecule has 78 valence electrons. The normalized spacial score (nSPS) is 12.6. The van der Waals surface area contributed by atoms with E-state index in [2.05, 4.69) is 0 Å². The van der Waals surface area contributed by atoms with Gasteiger partial charge in [0.25, 0.3) is 0 Å². The van der Waals surface area contributed by atoms with Crippen molar-refractivity contribution < 1.29 is 15.0 Å². The number of carbonyl (C=O) groups excluding carboxylic acids is 1. The molecule has 1 atom stereocenters. The second-order valence-corrected chi connectivity index (χ2v) is 3.15. The molecule has 0 aromatic carbocycles. The average molecular weight is 189 g/mol. The molecule has 2 N–H and O–H groups in total. The Balaban J connectivity index is 3.87. The van der Waals surface area contributed by atoms with Crippen LogP contribution in [0.5, 0.6) is 0 Å². The molecule has 0 aliphatic heterocycles. The lowest BCUT2D eigenvalue weighted by Crippen LogP contribution is -2.38. The third-order valence-corrected chi connectivity index (χ3v) is 1.87. The van der Waals surface area contributed by atoms with Crippen LogP contribution >= 0.6 is 0 Å². The van der Waals surface area contributed by atoms with E-state index in [1.165, 1.54) is 6.92 Å². The molecule has 13 heavy (non-hydrogen) atoms. The minimum atomic E-state index is -0.819. The summed E-state index contributed by atoms with van der Waals surface area (Å²) in [6.45, 7) is 4.10. The van der Waals surface area contributed by atoms with Crippen molar-refractivity contribution in [2.24, 2.45) is 0 Å². The summed E-state index contributed by atoms with van der Waals surface area (Å²) in [5.74, 6) is -0.0547. The number of amides is 1. The zero-order valence-corrected chi connectivity index (χ0v) is 8.36. The fourth-order valence-corrected chi connectivity index (χ4v) is 1.04. The van der Waals surface area contributed by atoms with Crippen LogP contribution in [0.2, 0.25) is 0 Å². The number of hydrogen-bond donors (Lipinski definition) is 2. The predicted octanol–water partition coefficient (Wildman–Crippen LogP) is -0.0118. The molecule has 0 rings (SSSR count). The van der Waals surface area contributed by atoms with Gasteiger partial charge in [0.15, 0.2) is 0 Å². The lowest BCUT2D eigenvalue weighted by Gasteiger charge is -2.22. The molecule has 4 nitrogen and oxygen atoms in total. The second-order valence-electron chi connectivity index (χ2n) is 3.15. The van der Waals surface area contributed by atoms with Crippen molar-refractivity contribution in [1.82, 2.24) is 4.90 Å². The first-order chi connectivity index (χ1) is 6.11. The van der Waals surface area contributed by atoms with E-state index in [4.69, 9.17) is 10.2 Å². The van der Waals surface area contributed by atoms with E-state index < -0.39 is 6.10 Å². The van der Waals surface area contributed by atoms with Crippen LogP contribution in [0.1, 0.15) is 26.7 Å². The smallest absolute Gasteiger partial charge is 0.219 e. The first-order valence-electron chi connectivity index (χ1n) is 4.66. The van der Waals surface area contributed by atoms with Crippen molar-refractivity contribution in [3.05, 3.63) is 0 Å². The Bertz CT molecular complexity index is 150. The fourth-order valence-electron chi connectivity index (χ4n) is 1.04. The molecule has 0 radical (unpaired) electrons.